The number of nitrogens with zero attached hydrogens (tertiary/aromatic N) is 2. The number of aromatic carboxylic acids is 1. The summed E-state index contributed by atoms with van der Waals surface area (Å²) in [6.07, 6.45) is 3.33. The van der Waals surface area contributed by atoms with Crippen LogP contribution in [0.3, 0.4) is 0 Å². The fourth-order valence-electron chi connectivity index (χ4n) is 3.88. The number of ether oxygens (including phenoxy) is 2. The lowest BCUT2D eigenvalue weighted by atomic mass is 9.96. The van der Waals surface area contributed by atoms with E-state index in [9.17, 15) is 14.4 Å². The lowest BCUT2D eigenvalue weighted by Gasteiger charge is -2.24. The molecule has 0 amide bonds. The molecule has 0 spiro atoms. The maximum atomic E-state index is 13.6. The van der Waals surface area contributed by atoms with E-state index in [-0.39, 0.29) is 17.7 Å². The number of benzene rings is 2. The predicted molar refractivity (Wildman–Crippen MR) is 136 cm³/mol. The first-order valence-corrected chi connectivity index (χ1v) is 12.0. The molecule has 1 aliphatic rings. The van der Waals surface area contributed by atoms with Crippen molar-refractivity contribution in [2.75, 3.05) is 13.2 Å². The number of allylic oxidation sites excluding steroid dienone is 1. The summed E-state index contributed by atoms with van der Waals surface area (Å²) >= 11 is 1.20. The minimum Gasteiger partial charge on any atom is -0.490 e. The maximum Gasteiger partial charge on any atom is 0.338 e. The highest BCUT2D eigenvalue weighted by molar-refractivity contribution is 7.07. The van der Waals surface area contributed by atoms with E-state index in [1.807, 2.05) is 12.1 Å². The maximum absolute atomic E-state index is 13.6. The zero-order valence-corrected chi connectivity index (χ0v) is 20.6. The third-order valence-corrected chi connectivity index (χ3v) is 6.52. The highest BCUT2D eigenvalue weighted by Gasteiger charge is 2.33. The molecule has 0 aliphatic carbocycles. The second-order valence-electron chi connectivity index (χ2n) is 7.90. The number of esters is 1. The number of hydrogen-bond acceptors (Lipinski definition) is 7. The van der Waals surface area contributed by atoms with Crippen molar-refractivity contribution in [3.05, 3.63) is 109 Å². The number of fused-ring (bicyclic) bond motifs is 1. The van der Waals surface area contributed by atoms with Gasteiger partial charge < -0.3 is 14.6 Å². The van der Waals surface area contributed by atoms with E-state index in [4.69, 9.17) is 14.6 Å². The zero-order chi connectivity index (χ0) is 25.8. The summed E-state index contributed by atoms with van der Waals surface area (Å²) in [5.74, 6) is -0.924. The summed E-state index contributed by atoms with van der Waals surface area (Å²) in [6, 6.07) is 12.7. The van der Waals surface area contributed by atoms with Crippen LogP contribution in [0.25, 0.3) is 6.08 Å². The molecule has 0 fully saturated rings. The summed E-state index contributed by atoms with van der Waals surface area (Å²) in [5.41, 5.74) is 1.99. The molecular weight excluding hydrogens is 480 g/mol. The van der Waals surface area contributed by atoms with Crippen LogP contribution in [-0.2, 0) is 9.53 Å². The van der Waals surface area contributed by atoms with Crippen LogP contribution >= 0.6 is 11.3 Å². The van der Waals surface area contributed by atoms with Crippen LogP contribution in [-0.4, -0.2) is 34.8 Å². The molecule has 36 heavy (non-hydrogen) atoms. The Balaban J connectivity index is 1.85. The van der Waals surface area contributed by atoms with E-state index in [0.717, 1.165) is 0 Å². The number of carbonyl (C=O) groups is 2. The number of rotatable bonds is 8. The van der Waals surface area contributed by atoms with Gasteiger partial charge in [0.15, 0.2) is 4.80 Å². The summed E-state index contributed by atoms with van der Waals surface area (Å²) < 4.78 is 12.8. The third kappa shape index (κ3) is 4.92. The first-order valence-electron chi connectivity index (χ1n) is 11.2. The zero-order valence-electron chi connectivity index (χ0n) is 19.8. The monoisotopic (exact) mass is 504 g/mol. The highest BCUT2D eigenvalue weighted by Crippen LogP contribution is 2.31. The Kier molecular flexibility index (Phi) is 7.30. The minimum atomic E-state index is -1.02. The SMILES string of the molecule is C=CCOc1ccc([C@H]2C(C(=O)OCC)=C(C)N=c3sc(=Cc4ccc(C(=O)O)cc4)c(=O)n32)cc1. The van der Waals surface area contributed by atoms with Gasteiger partial charge in [0.2, 0.25) is 0 Å². The van der Waals surface area contributed by atoms with Crippen LogP contribution in [0.2, 0.25) is 0 Å². The van der Waals surface area contributed by atoms with E-state index in [0.29, 0.717) is 44.1 Å². The van der Waals surface area contributed by atoms with Gasteiger partial charge in [0.1, 0.15) is 12.4 Å². The average Bonchev–Trinajstić information content (AvgIpc) is 3.16. The van der Waals surface area contributed by atoms with E-state index in [1.54, 1.807) is 50.3 Å². The van der Waals surface area contributed by atoms with E-state index in [1.165, 1.54) is 28.0 Å². The number of aromatic nitrogens is 1. The quantitative estimate of drug-likeness (QED) is 0.373. The molecule has 0 unspecified atom stereocenters. The molecule has 4 rings (SSSR count). The van der Waals surface area contributed by atoms with Crippen molar-refractivity contribution < 1.29 is 24.2 Å². The summed E-state index contributed by atoms with van der Waals surface area (Å²) in [6.45, 7) is 7.63. The third-order valence-electron chi connectivity index (χ3n) is 5.54. The van der Waals surface area contributed by atoms with Gasteiger partial charge in [-0.25, -0.2) is 14.6 Å². The Morgan fingerprint density at radius 1 is 1.17 bits per heavy atom. The smallest absolute Gasteiger partial charge is 0.338 e. The van der Waals surface area contributed by atoms with E-state index < -0.39 is 18.0 Å². The highest BCUT2D eigenvalue weighted by atomic mass is 32.1. The van der Waals surface area contributed by atoms with Crippen molar-refractivity contribution in [2.45, 2.75) is 19.9 Å². The number of carboxylic acids is 1. The Morgan fingerprint density at radius 2 is 1.86 bits per heavy atom. The molecule has 2 aromatic carbocycles. The molecule has 184 valence electrons. The lowest BCUT2D eigenvalue weighted by Crippen LogP contribution is -2.39. The van der Waals surface area contributed by atoms with Crippen molar-refractivity contribution in [3.8, 4) is 5.75 Å². The molecule has 9 heteroatoms. The molecule has 1 N–H and O–H groups in total. The number of thiazole rings is 1. The molecule has 1 atom stereocenters. The van der Waals surface area contributed by atoms with E-state index in [2.05, 4.69) is 11.6 Å². The van der Waals surface area contributed by atoms with Crippen LogP contribution < -0.4 is 19.6 Å². The van der Waals surface area contributed by atoms with Crippen LogP contribution in [0, 0.1) is 0 Å². The van der Waals surface area contributed by atoms with Crippen molar-refractivity contribution in [1.29, 1.82) is 0 Å². The molecule has 1 aliphatic heterocycles. The Morgan fingerprint density at radius 3 is 2.47 bits per heavy atom. The van der Waals surface area contributed by atoms with Gasteiger partial charge in [0, 0.05) is 0 Å². The number of hydrogen-bond donors (Lipinski definition) is 1. The van der Waals surface area contributed by atoms with Crippen LogP contribution in [0.1, 0.15) is 41.4 Å². The van der Waals surface area contributed by atoms with Gasteiger partial charge >= 0.3 is 11.9 Å². The van der Waals surface area contributed by atoms with Gasteiger partial charge in [-0.15, -0.1) is 0 Å². The predicted octanol–water partition coefficient (Wildman–Crippen LogP) is 3.06. The van der Waals surface area contributed by atoms with Crippen molar-refractivity contribution in [2.24, 2.45) is 4.99 Å². The first-order chi connectivity index (χ1) is 17.3. The standard InChI is InChI=1S/C27H24N2O6S/c1-4-14-35-20-12-10-18(11-13-20)23-22(26(33)34-5-2)16(3)28-27-29(23)24(30)21(36-27)15-17-6-8-19(9-7-17)25(31)32/h4,6-13,15,23H,1,5,14H2,2-3H3,(H,31,32)/t23-/m0/s1. The second-order valence-corrected chi connectivity index (χ2v) is 8.91. The summed E-state index contributed by atoms with van der Waals surface area (Å²) in [7, 11) is 0. The lowest BCUT2D eigenvalue weighted by molar-refractivity contribution is -0.139. The Hall–Kier alpha value is -4.24. The minimum absolute atomic E-state index is 0.156. The molecule has 0 bridgehead atoms. The average molecular weight is 505 g/mol. The second kappa shape index (κ2) is 10.6. The number of carbonyl (C=O) groups excluding carboxylic acids is 1. The van der Waals surface area contributed by atoms with Crippen LogP contribution in [0.4, 0.5) is 0 Å². The van der Waals surface area contributed by atoms with Gasteiger partial charge in [-0.1, -0.05) is 48.3 Å². The Labute approximate surface area is 210 Å². The summed E-state index contributed by atoms with van der Waals surface area (Å²) in [4.78, 5) is 42.7. The normalized spacial score (nSPS) is 15.2. The molecule has 8 nitrogen and oxygen atoms in total. The Bertz CT molecular complexity index is 1530. The van der Waals surface area contributed by atoms with Crippen LogP contribution in [0.15, 0.2) is 82.2 Å². The number of carboxylic acid groups (broad SMARTS) is 1. The fraction of sp³-hybridized carbons (Fsp3) is 0.185. The van der Waals surface area contributed by atoms with Gasteiger partial charge in [0.25, 0.3) is 5.56 Å². The van der Waals surface area contributed by atoms with Crippen LogP contribution in [0.5, 0.6) is 5.75 Å². The molecule has 3 aromatic rings. The van der Waals surface area contributed by atoms with E-state index >= 15 is 0 Å². The van der Waals surface area contributed by atoms with Gasteiger partial charge in [-0.2, -0.15) is 0 Å². The van der Waals surface area contributed by atoms with Crippen molar-refractivity contribution >= 4 is 29.4 Å². The van der Waals surface area contributed by atoms with Crippen molar-refractivity contribution in [3.63, 3.8) is 0 Å². The first kappa shape index (κ1) is 24.9. The largest absolute Gasteiger partial charge is 0.490 e. The molecule has 1 aromatic heterocycles. The summed E-state index contributed by atoms with van der Waals surface area (Å²) in [5, 5.41) is 9.12. The topological polar surface area (TPSA) is 107 Å². The van der Waals surface area contributed by atoms with Crippen molar-refractivity contribution in [1.82, 2.24) is 4.57 Å². The van der Waals surface area contributed by atoms with Gasteiger partial charge in [-0.3, -0.25) is 9.36 Å². The molecule has 0 radical (unpaired) electrons. The fourth-order valence-corrected chi connectivity index (χ4v) is 4.93. The molecule has 0 saturated heterocycles. The molecular formula is C27H24N2O6S. The van der Waals surface area contributed by atoms with Gasteiger partial charge in [-0.05, 0) is 55.3 Å². The molecule has 0 saturated carbocycles. The van der Waals surface area contributed by atoms with Gasteiger partial charge in [0.05, 0.1) is 34.0 Å². The molecule has 2 heterocycles.